The van der Waals surface area contributed by atoms with Crippen LogP contribution in [0.2, 0.25) is 0 Å². The molecule has 4 heterocycles. The van der Waals surface area contributed by atoms with Gasteiger partial charge in [-0.25, -0.2) is 4.79 Å². The molecule has 2 N–H and O–H groups in total. The molecule has 0 unspecified atom stereocenters. The van der Waals surface area contributed by atoms with Crippen LogP contribution in [-0.4, -0.2) is 149 Å². The molecule has 0 saturated carbocycles. The zero-order chi connectivity index (χ0) is 60.8. The molecule has 16 nitrogen and oxygen atoms in total. The number of pyridine rings is 4. The van der Waals surface area contributed by atoms with Gasteiger partial charge in [-0.2, -0.15) is 26.3 Å². The van der Waals surface area contributed by atoms with Gasteiger partial charge in [0, 0.05) is 99.3 Å². The molecule has 4 aromatic heterocycles. The summed E-state index contributed by atoms with van der Waals surface area (Å²) in [5.41, 5.74) is -1.01. The summed E-state index contributed by atoms with van der Waals surface area (Å²) in [6.45, 7) is 6.31. The summed E-state index contributed by atoms with van der Waals surface area (Å²) in [6.07, 6.45) is -0.688. The van der Waals surface area contributed by atoms with Crippen LogP contribution in [0, 0.1) is 35.4 Å². The number of benzene rings is 2. The minimum atomic E-state index is -4.50. The van der Waals surface area contributed by atoms with Crippen molar-refractivity contribution in [2.75, 3.05) is 118 Å². The number of rotatable bonds is 34. The second kappa shape index (κ2) is 41.8. The average molecular weight is 1410 g/mol. The van der Waals surface area contributed by atoms with Crippen LogP contribution < -0.4 is 14.8 Å². The Morgan fingerprint density at radius 2 is 0.929 bits per heavy atom. The number of halogens is 11. The first-order valence-electron chi connectivity index (χ1n) is 26.0. The van der Waals surface area contributed by atoms with E-state index in [0.29, 0.717) is 139 Å². The molecule has 469 valence electrons. The second-order valence-electron chi connectivity index (χ2n) is 17.0. The Morgan fingerprint density at radius 3 is 1.35 bits per heavy atom. The zero-order valence-electron chi connectivity index (χ0n) is 45.6. The predicted octanol–water partition coefficient (Wildman–Crippen LogP) is 11.2. The first-order valence-corrected chi connectivity index (χ1v) is 26.5. The van der Waals surface area contributed by atoms with Gasteiger partial charge in [-0.05, 0) is 36.4 Å². The summed E-state index contributed by atoms with van der Waals surface area (Å²) >= 11 is 5.65. The molecule has 6 rings (SSSR count). The number of hydrogen-bond acceptors (Lipinski definition) is 15. The summed E-state index contributed by atoms with van der Waals surface area (Å²) in [4.78, 5) is 27.5. The van der Waals surface area contributed by atoms with Crippen molar-refractivity contribution in [1.29, 1.82) is 0 Å². The van der Waals surface area contributed by atoms with Crippen molar-refractivity contribution >= 4 is 17.7 Å². The molecule has 0 aliphatic carbocycles. The molecule has 0 aliphatic rings. The van der Waals surface area contributed by atoms with Crippen molar-refractivity contribution in [2.45, 2.75) is 38.0 Å². The standard InChI is InChI=1S/C33H52ClN3O11.2C12H5F5N.Ir/c34-7-3-1-2-4-12-40-15-16-41-13-10-37-33(39)48-26-23-45-20-19-44-22-25-47-30-6-9-36-32(28-30)31-27-29(5-8-35-31)46-24-21-43-18-17-42-14-11-38;2*13-8-2-3-9(10(14)5-8)11-4-1-7(6-18-11)12(15,16)17;/h5-6,8-9,27-28,38H,1-4,7,10-26H2,(H,37,39);2*1-2,4-6H;/q;2*-1;. The van der Waals surface area contributed by atoms with Gasteiger partial charge < -0.3 is 63.0 Å². The molecular weight excluding hydrogens is 1350 g/mol. The monoisotopic (exact) mass is 1410 g/mol. The maximum absolute atomic E-state index is 13.3. The van der Waals surface area contributed by atoms with Crippen molar-refractivity contribution in [3.8, 4) is 45.4 Å². The maximum atomic E-state index is 13.3. The van der Waals surface area contributed by atoms with Crippen LogP contribution in [0.25, 0.3) is 33.9 Å². The van der Waals surface area contributed by atoms with Gasteiger partial charge in [0.15, 0.2) is 0 Å². The molecule has 6 aromatic rings. The van der Waals surface area contributed by atoms with Gasteiger partial charge in [-0.1, -0.05) is 60.4 Å². The van der Waals surface area contributed by atoms with E-state index in [2.05, 4.69) is 37.4 Å². The SMILES string of the molecule is Fc1c[c-]c(-c2ccc(C(F)(F)F)cn2)c(F)c1.Fc1c[c-]c(-c2ccc(C(F)(F)F)cn2)c(F)c1.O=C(NCCOCCOCCCCCCCl)OCCOCCOCCOc1ccnc(-c2cc(OCCOCCOCCO)ccn2)c1.[Ir]. The number of alkyl halides is 7. The van der Waals surface area contributed by atoms with E-state index < -0.39 is 52.8 Å². The van der Waals surface area contributed by atoms with Crippen molar-refractivity contribution in [2.24, 2.45) is 0 Å². The van der Waals surface area contributed by atoms with Gasteiger partial charge in [0.1, 0.15) is 31.3 Å². The number of carbonyl (C=O) groups excluding carboxylic acids is 1. The van der Waals surface area contributed by atoms with Crippen LogP contribution in [0.1, 0.15) is 36.8 Å². The third kappa shape index (κ3) is 30.7. The van der Waals surface area contributed by atoms with Crippen molar-refractivity contribution in [3.05, 3.63) is 144 Å². The number of unbranched alkanes of at least 4 members (excludes halogenated alkanes) is 3. The molecule has 0 fully saturated rings. The molecule has 0 atom stereocenters. The number of hydrogen-bond donors (Lipinski definition) is 2. The molecule has 28 heteroatoms. The first kappa shape index (κ1) is 73.1. The number of alkyl carbamates (subject to hydrolysis) is 1. The minimum Gasteiger partial charge on any atom is -0.491 e. The quantitative estimate of drug-likeness (QED) is 0.0168. The van der Waals surface area contributed by atoms with Gasteiger partial charge in [0.2, 0.25) is 0 Å². The molecule has 0 spiro atoms. The minimum absolute atomic E-state index is 0. The summed E-state index contributed by atoms with van der Waals surface area (Å²) in [7, 11) is 0. The van der Waals surface area contributed by atoms with E-state index in [-0.39, 0.29) is 62.4 Å². The number of carbonyl (C=O) groups is 1. The maximum Gasteiger partial charge on any atom is 0.417 e. The fraction of sp³-hybridized carbons (Fsp3) is 0.421. The molecule has 85 heavy (non-hydrogen) atoms. The van der Waals surface area contributed by atoms with Gasteiger partial charge in [0.05, 0.1) is 102 Å². The van der Waals surface area contributed by atoms with Gasteiger partial charge in [-0.15, -0.1) is 35.9 Å². The number of ether oxygens (including phenoxy) is 9. The molecular formula is C57H62ClF10IrN5O11-2. The molecule has 0 aliphatic heterocycles. The van der Waals surface area contributed by atoms with Crippen molar-refractivity contribution < 1.29 is 117 Å². The molecule has 1 radical (unpaired) electrons. The van der Waals surface area contributed by atoms with Crippen molar-refractivity contribution in [1.82, 2.24) is 25.3 Å². The Bertz CT molecular complexity index is 2680. The van der Waals surface area contributed by atoms with E-state index in [0.717, 1.165) is 68.7 Å². The van der Waals surface area contributed by atoms with E-state index >= 15 is 0 Å². The van der Waals surface area contributed by atoms with E-state index in [4.69, 9.17) is 59.3 Å². The third-order valence-corrected chi connectivity index (χ3v) is 10.9. The molecule has 1 amide bonds. The first-order chi connectivity index (χ1) is 40.5. The summed E-state index contributed by atoms with van der Waals surface area (Å²) in [5.74, 6) is -1.48. The fourth-order valence-electron chi connectivity index (χ4n) is 6.57. The summed E-state index contributed by atoms with van der Waals surface area (Å²) in [6, 6.07) is 18.3. The third-order valence-electron chi connectivity index (χ3n) is 10.6. The van der Waals surface area contributed by atoms with E-state index in [1.165, 1.54) is 0 Å². The topological polar surface area (TPSA) is 184 Å². The largest absolute Gasteiger partial charge is 0.491 e. The number of nitrogens with zero attached hydrogens (tertiary/aromatic N) is 4. The number of aliphatic hydroxyl groups excluding tert-OH is 1. The van der Waals surface area contributed by atoms with Gasteiger partial charge in [-0.3, -0.25) is 27.5 Å². The van der Waals surface area contributed by atoms with Crippen molar-refractivity contribution in [3.63, 3.8) is 0 Å². The number of aromatic nitrogens is 4. The predicted molar refractivity (Wildman–Crippen MR) is 286 cm³/mol. The summed E-state index contributed by atoms with van der Waals surface area (Å²) < 4.78 is 175. The summed E-state index contributed by atoms with van der Waals surface area (Å²) in [5, 5.41) is 11.3. The smallest absolute Gasteiger partial charge is 0.417 e. The van der Waals surface area contributed by atoms with Gasteiger partial charge >= 0.3 is 18.4 Å². The van der Waals surface area contributed by atoms with Crippen LogP contribution in [0.5, 0.6) is 11.5 Å². The van der Waals surface area contributed by atoms with Crippen LogP contribution in [0.3, 0.4) is 0 Å². The Morgan fingerprint density at radius 1 is 0.506 bits per heavy atom. The van der Waals surface area contributed by atoms with Crippen LogP contribution >= 0.6 is 11.6 Å². The Hall–Kier alpha value is -6.13. The van der Waals surface area contributed by atoms with Crippen LogP contribution in [-0.2, 0) is 65.6 Å². The Balaban J connectivity index is 0.000000411. The average Bonchev–Trinajstić information content (AvgIpc) is 3.13. The Kier molecular flexibility index (Phi) is 36.0. The number of amides is 1. The Labute approximate surface area is 503 Å². The zero-order valence-corrected chi connectivity index (χ0v) is 48.8. The molecule has 0 bridgehead atoms. The van der Waals surface area contributed by atoms with Crippen LogP contribution in [0.15, 0.2) is 97.6 Å². The molecule has 2 aromatic carbocycles. The van der Waals surface area contributed by atoms with Crippen LogP contribution in [0.4, 0.5) is 48.7 Å². The van der Waals surface area contributed by atoms with E-state index in [1.807, 2.05) is 0 Å². The second-order valence-corrected chi connectivity index (χ2v) is 17.3. The normalized spacial score (nSPS) is 11.2. The fourth-order valence-corrected chi connectivity index (χ4v) is 6.76. The van der Waals surface area contributed by atoms with Gasteiger partial charge in [0.25, 0.3) is 0 Å². The van der Waals surface area contributed by atoms with E-state index in [9.17, 15) is 48.7 Å². The number of aliphatic hydroxyl groups is 1. The molecule has 0 saturated heterocycles. The number of nitrogens with one attached hydrogen (secondary N) is 1. The van der Waals surface area contributed by atoms with E-state index in [1.54, 1.807) is 36.7 Å².